The number of likely N-dealkylation sites (tertiary alicyclic amines) is 1. The minimum absolute atomic E-state index is 0.0142. The number of nitrogens with one attached hydrogen (secondary N) is 1. The fourth-order valence-corrected chi connectivity index (χ4v) is 2.23. The molecule has 18 heavy (non-hydrogen) atoms. The van der Waals surface area contributed by atoms with Gasteiger partial charge in [0.2, 0.25) is 11.8 Å². The van der Waals surface area contributed by atoms with Crippen LogP contribution < -0.4 is 5.32 Å². The SMILES string of the molecule is CCNC(=O)[C@H]1CCC(=O)N1Cc1ccc(C)o1. The molecule has 0 radical (unpaired) electrons. The Hall–Kier alpha value is -1.78. The van der Waals surface area contributed by atoms with Gasteiger partial charge in [-0.25, -0.2) is 0 Å². The van der Waals surface area contributed by atoms with Crippen molar-refractivity contribution in [3.63, 3.8) is 0 Å². The molecule has 2 rings (SSSR count). The fraction of sp³-hybridized carbons (Fsp3) is 0.538. The zero-order chi connectivity index (χ0) is 13.1. The summed E-state index contributed by atoms with van der Waals surface area (Å²) in [6, 6.07) is 3.34. The number of carbonyl (C=O) groups excluding carboxylic acids is 2. The average molecular weight is 250 g/mol. The summed E-state index contributed by atoms with van der Waals surface area (Å²) >= 11 is 0. The lowest BCUT2D eigenvalue weighted by molar-refractivity contribution is -0.136. The van der Waals surface area contributed by atoms with Crippen LogP contribution in [0.2, 0.25) is 0 Å². The zero-order valence-electron chi connectivity index (χ0n) is 10.7. The Morgan fingerprint density at radius 3 is 2.94 bits per heavy atom. The van der Waals surface area contributed by atoms with Gasteiger partial charge in [-0.2, -0.15) is 0 Å². The second-order valence-corrected chi connectivity index (χ2v) is 4.48. The van der Waals surface area contributed by atoms with Crippen molar-refractivity contribution in [3.8, 4) is 0 Å². The van der Waals surface area contributed by atoms with Crippen LogP contribution in [0.25, 0.3) is 0 Å². The molecule has 1 atom stereocenters. The summed E-state index contributed by atoms with van der Waals surface area (Å²) in [6.45, 7) is 4.68. The Balaban J connectivity index is 2.08. The molecule has 1 fully saturated rings. The number of likely N-dealkylation sites (N-methyl/N-ethyl adjacent to an activating group) is 1. The van der Waals surface area contributed by atoms with E-state index in [1.807, 2.05) is 26.0 Å². The molecule has 1 aliphatic heterocycles. The van der Waals surface area contributed by atoms with Gasteiger partial charge in [0.05, 0.1) is 6.54 Å². The third-order valence-electron chi connectivity index (χ3n) is 3.10. The molecular formula is C13H18N2O3. The molecule has 2 heterocycles. The van der Waals surface area contributed by atoms with Gasteiger partial charge in [-0.1, -0.05) is 0 Å². The quantitative estimate of drug-likeness (QED) is 0.873. The van der Waals surface area contributed by atoms with E-state index in [0.29, 0.717) is 25.9 Å². The van der Waals surface area contributed by atoms with Crippen LogP contribution in [0.15, 0.2) is 16.5 Å². The van der Waals surface area contributed by atoms with Gasteiger partial charge in [-0.15, -0.1) is 0 Å². The first-order valence-electron chi connectivity index (χ1n) is 6.24. The van der Waals surface area contributed by atoms with Crippen molar-refractivity contribution in [2.45, 2.75) is 39.3 Å². The summed E-state index contributed by atoms with van der Waals surface area (Å²) in [5.41, 5.74) is 0. The highest BCUT2D eigenvalue weighted by atomic mass is 16.3. The molecule has 98 valence electrons. The van der Waals surface area contributed by atoms with E-state index in [-0.39, 0.29) is 17.9 Å². The van der Waals surface area contributed by atoms with Crippen molar-refractivity contribution < 1.29 is 14.0 Å². The summed E-state index contributed by atoms with van der Waals surface area (Å²) in [6.07, 6.45) is 1.02. The Morgan fingerprint density at radius 2 is 2.33 bits per heavy atom. The van der Waals surface area contributed by atoms with Gasteiger partial charge in [0.25, 0.3) is 0 Å². The highest BCUT2D eigenvalue weighted by molar-refractivity contribution is 5.90. The molecule has 0 saturated carbocycles. The van der Waals surface area contributed by atoms with E-state index >= 15 is 0 Å². The number of furan rings is 1. The van der Waals surface area contributed by atoms with Gasteiger partial charge in [0, 0.05) is 13.0 Å². The summed E-state index contributed by atoms with van der Waals surface area (Å²) in [4.78, 5) is 25.3. The first-order valence-corrected chi connectivity index (χ1v) is 6.24. The molecule has 1 aliphatic rings. The maximum absolute atomic E-state index is 11.9. The van der Waals surface area contributed by atoms with Gasteiger partial charge in [-0.05, 0) is 32.4 Å². The molecule has 0 bridgehead atoms. The third kappa shape index (κ3) is 2.55. The van der Waals surface area contributed by atoms with Gasteiger partial charge < -0.3 is 14.6 Å². The van der Waals surface area contributed by atoms with Crippen LogP contribution in [-0.2, 0) is 16.1 Å². The zero-order valence-corrected chi connectivity index (χ0v) is 10.7. The number of hydrogen-bond acceptors (Lipinski definition) is 3. The number of rotatable bonds is 4. The maximum atomic E-state index is 11.9. The average Bonchev–Trinajstić information content (AvgIpc) is 2.88. The number of amides is 2. The Bertz CT molecular complexity index is 453. The predicted octanol–water partition coefficient (Wildman–Crippen LogP) is 1.22. The number of nitrogens with zero attached hydrogens (tertiary/aromatic N) is 1. The Kier molecular flexibility index (Phi) is 3.69. The van der Waals surface area contributed by atoms with Crippen LogP contribution in [0.4, 0.5) is 0 Å². The summed E-state index contributed by atoms with van der Waals surface area (Å²) in [5.74, 6) is 1.47. The van der Waals surface area contributed by atoms with E-state index in [9.17, 15) is 9.59 Å². The van der Waals surface area contributed by atoms with Crippen LogP contribution >= 0.6 is 0 Å². The first kappa shape index (κ1) is 12.7. The highest BCUT2D eigenvalue weighted by Gasteiger charge is 2.36. The Morgan fingerprint density at radius 1 is 1.56 bits per heavy atom. The number of carbonyl (C=O) groups is 2. The van der Waals surface area contributed by atoms with E-state index in [1.54, 1.807) is 4.90 Å². The van der Waals surface area contributed by atoms with Crippen molar-refractivity contribution in [2.24, 2.45) is 0 Å². The number of aryl methyl sites for hydroxylation is 1. The Labute approximate surface area is 106 Å². The molecule has 0 unspecified atom stereocenters. The molecule has 1 saturated heterocycles. The monoisotopic (exact) mass is 250 g/mol. The van der Waals surface area contributed by atoms with Crippen LogP contribution in [-0.4, -0.2) is 29.3 Å². The van der Waals surface area contributed by atoms with Crippen molar-refractivity contribution >= 4 is 11.8 Å². The summed E-state index contributed by atoms with van der Waals surface area (Å²) < 4.78 is 5.46. The molecule has 0 aromatic carbocycles. The molecule has 1 aromatic heterocycles. The summed E-state index contributed by atoms with van der Waals surface area (Å²) in [7, 11) is 0. The lowest BCUT2D eigenvalue weighted by atomic mass is 10.2. The molecule has 0 aliphatic carbocycles. The minimum atomic E-state index is -0.358. The summed E-state index contributed by atoms with van der Waals surface area (Å²) in [5, 5.41) is 2.77. The molecule has 5 nitrogen and oxygen atoms in total. The van der Waals surface area contributed by atoms with E-state index in [2.05, 4.69) is 5.32 Å². The molecule has 0 spiro atoms. The van der Waals surface area contributed by atoms with E-state index in [1.165, 1.54) is 0 Å². The highest BCUT2D eigenvalue weighted by Crippen LogP contribution is 2.22. The lowest BCUT2D eigenvalue weighted by Crippen LogP contribution is -2.44. The first-order chi connectivity index (χ1) is 8.61. The molecule has 1 N–H and O–H groups in total. The van der Waals surface area contributed by atoms with E-state index in [4.69, 9.17) is 4.42 Å². The predicted molar refractivity (Wildman–Crippen MR) is 65.7 cm³/mol. The molecule has 5 heteroatoms. The second kappa shape index (κ2) is 5.25. The van der Waals surface area contributed by atoms with Crippen LogP contribution in [0.5, 0.6) is 0 Å². The second-order valence-electron chi connectivity index (χ2n) is 4.48. The van der Waals surface area contributed by atoms with Gasteiger partial charge in [0.1, 0.15) is 17.6 Å². The van der Waals surface area contributed by atoms with Gasteiger partial charge in [0.15, 0.2) is 0 Å². The van der Waals surface area contributed by atoms with E-state index < -0.39 is 0 Å². The van der Waals surface area contributed by atoms with Crippen LogP contribution in [0.1, 0.15) is 31.3 Å². The topological polar surface area (TPSA) is 62.6 Å². The maximum Gasteiger partial charge on any atom is 0.242 e. The largest absolute Gasteiger partial charge is 0.464 e. The third-order valence-corrected chi connectivity index (χ3v) is 3.10. The van der Waals surface area contributed by atoms with Crippen molar-refractivity contribution in [2.75, 3.05) is 6.54 Å². The fourth-order valence-electron chi connectivity index (χ4n) is 2.23. The molecular weight excluding hydrogens is 232 g/mol. The van der Waals surface area contributed by atoms with Crippen molar-refractivity contribution in [1.82, 2.24) is 10.2 Å². The smallest absolute Gasteiger partial charge is 0.242 e. The standard InChI is InChI=1S/C13H18N2O3/c1-3-14-13(17)11-6-7-12(16)15(11)8-10-5-4-9(2)18-10/h4-5,11H,3,6-8H2,1-2H3,(H,14,17)/t11-/m1/s1. The van der Waals surface area contributed by atoms with Crippen LogP contribution in [0.3, 0.4) is 0 Å². The van der Waals surface area contributed by atoms with Gasteiger partial charge in [-0.3, -0.25) is 9.59 Å². The molecule has 1 aromatic rings. The van der Waals surface area contributed by atoms with Crippen molar-refractivity contribution in [3.05, 3.63) is 23.7 Å². The van der Waals surface area contributed by atoms with Gasteiger partial charge >= 0.3 is 0 Å². The normalized spacial score (nSPS) is 19.3. The van der Waals surface area contributed by atoms with Crippen molar-refractivity contribution in [1.29, 1.82) is 0 Å². The lowest BCUT2D eigenvalue weighted by Gasteiger charge is -2.22. The van der Waals surface area contributed by atoms with E-state index in [0.717, 1.165) is 11.5 Å². The molecule has 2 amide bonds. The minimum Gasteiger partial charge on any atom is -0.464 e. The number of hydrogen-bond donors (Lipinski definition) is 1. The van der Waals surface area contributed by atoms with Crippen LogP contribution in [0, 0.1) is 6.92 Å².